The molecule has 0 N–H and O–H groups in total. The lowest BCUT2D eigenvalue weighted by Gasteiger charge is -2.07. The molecule has 166 valence electrons. The maximum Gasteiger partial charge on any atom is 0.0542 e. The Morgan fingerprint density at radius 3 is 1.83 bits per heavy atom. The van der Waals surface area contributed by atoms with E-state index in [1.165, 1.54) is 67.8 Å². The molecule has 0 atom stereocenters. The Balaban J connectivity index is 1.37. The molecule has 7 aromatic rings. The summed E-state index contributed by atoms with van der Waals surface area (Å²) in [7, 11) is 0. The summed E-state index contributed by atoms with van der Waals surface area (Å²) in [5.74, 6) is 0. The number of rotatable bonds is 3. The van der Waals surface area contributed by atoms with E-state index in [4.69, 9.17) is 0 Å². The SMILES string of the molecule is C=C/C(=C\C)c1ccc(-c2ccc3cc4c(cc3c2)sc2c3cc5ccccc5cc3sc42)cc1. The molecule has 2 heteroatoms. The average molecular weight is 483 g/mol. The van der Waals surface area contributed by atoms with Crippen molar-refractivity contribution in [3.63, 3.8) is 0 Å². The fraction of sp³-hybridized carbons (Fsp3) is 0.0303. The van der Waals surface area contributed by atoms with Crippen LogP contribution in [0.3, 0.4) is 0 Å². The van der Waals surface area contributed by atoms with Crippen molar-refractivity contribution in [2.45, 2.75) is 6.92 Å². The van der Waals surface area contributed by atoms with Crippen LogP contribution >= 0.6 is 22.7 Å². The van der Waals surface area contributed by atoms with Gasteiger partial charge < -0.3 is 0 Å². The Morgan fingerprint density at radius 2 is 1.20 bits per heavy atom. The molecule has 0 nitrogen and oxygen atoms in total. The molecule has 7 rings (SSSR count). The van der Waals surface area contributed by atoms with Gasteiger partial charge in [0, 0.05) is 20.2 Å². The van der Waals surface area contributed by atoms with Gasteiger partial charge in [-0.3, -0.25) is 0 Å². The molecule has 0 bridgehead atoms. The Labute approximate surface area is 212 Å². The molecule has 0 saturated heterocycles. The average Bonchev–Trinajstić information content (AvgIpc) is 3.42. The highest BCUT2D eigenvalue weighted by molar-refractivity contribution is 7.36. The van der Waals surface area contributed by atoms with Gasteiger partial charge in [-0.25, -0.2) is 0 Å². The van der Waals surface area contributed by atoms with Crippen molar-refractivity contribution < 1.29 is 0 Å². The van der Waals surface area contributed by atoms with Crippen LogP contribution in [0.15, 0.2) is 110 Å². The minimum atomic E-state index is 1.16. The van der Waals surface area contributed by atoms with Crippen molar-refractivity contribution in [2.75, 3.05) is 0 Å². The molecule has 0 aliphatic heterocycles. The van der Waals surface area contributed by atoms with E-state index in [9.17, 15) is 0 Å². The highest BCUT2D eigenvalue weighted by atomic mass is 32.1. The van der Waals surface area contributed by atoms with Crippen molar-refractivity contribution in [1.29, 1.82) is 0 Å². The van der Waals surface area contributed by atoms with Crippen molar-refractivity contribution in [3.05, 3.63) is 115 Å². The molecule has 0 amide bonds. The predicted octanol–water partition coefficient (Wildman–Crippen LogP) is 10.8. The highest BCUT2D eigenvalue weighted by Gasteiger charge is 2.14. The number of allylic oxidation sites excluding steroid dienone is 3. The van der Waals surface area contributed by atoms with Crippen LogP contribution in [0.2, 0.25) is 0 Å². The molecule has 0 fully saturated rings. The molecule has 0 spiro atoms. The third-order valence-electron chi connectivity index (χ3n) is 6.99. The van der Waals surface area contributed by atoms with Crippen LogP contribution in [0.5, 0.6) is 0 Å². The van der Waals surface area contributed by atoms with Crippen LogP contribution in [-0.2, 0) is 0 Å². The number of thiophene rings is 2. The zero-order valence-electron chi connectivity index (χ0n) is 19.3. The summed E-state index contributed by atoms with van der Waals surface area (Å²) < 4.78 is 5.58. The second-order valence-corrected chi connectivity index (χ2v) is 11.1. The van der Waals surface area contributed by atoms with Gasteiger partial charge in [0.1, 0.15) is 0 Å². The number of hydrogen-bond acceptors (Lipinski definition) is 2. The second-order valence-electron chi connectivity index (χ2n) is 8.99. The van der Waals surface area contributed by atoms with Gasteiger partial charge in [-0.05, 0) is 81.1 Å². The van der Waals surface area contributed by atoms with Gasteiger partial charge in [0.25, 0.3) is 0 Å². The first-order chi connectivity index (χ1) is 17.2. The van der Waals surface area contributed by atoms with Crippen molar-refractivity contribution in [3.8, 4) is 11.1 Å². The molecule has 0 aliphatic carbocycles. The summed E-state index contributed by atoms with van der Waals surface area (Å²) in [5, 5.41) is 7.98. The van der Waals surface area contributed by atoms with E-state index < -0.39 is 0 Å². The fourth-order valence-electron chi connectivity index (χ4n) is 5.12. The van der Waals surface area contributed by atoms with E-state index in [1.807, 2.05) is 28.7 Å². The van der Waals surface area contributed by atoms with Crippen molar-refractivity contribution >= 4 is 79.4 Å². The maximum atomic E-state index is 3.92. The number of fused-ring (bicyclic) bond motifs is 7. The zero-order valence-corrected chi connectivity index (χ0v) is 21.0. The maximum absolute atomic E-state index is 3.92. The molecule has 2 heterocycles. The zero-order chi connectivity index (χ0) is 23.5. The fourth-order valence-corrected chi connectivity index (χ4v) is 7.82. The smallest absolute Gasteiger partial charge is 0.0542 e. The third-order valence-corrected chi connectivity index (χ3v) is 9.49. The van der Waals surface area contributed by atoms with Gasteiger partial charge in [0.2, 0.25) is 0 Å². The third kappa shape index (κ3) is 3.25. The molecule has 5 aromatic carbocycles. The van der Waals surface area contributed by atoms with Crippen molar-refractivity contribution in [1.82, 2.24) is 0 Å². The summed E-state index contributed by atoms with van der Waals surface area (Å²) in [4.78, 5) is 0. The summed E-state index contributed by atoms with van der Waals surface area (Å²) >= 11 is 3.86. The molecule has 0 saturated carbocycles. The minimum Gasteiger partial charge on any atom is -0.134 e. The molecule has 2 aromatic heterocycles. The number of benzene rings is 5. The minimum absolute atomic E-state index is 1.16. The topological polar surface area (TPSA) is 0 Å². The van der Waals surface area contributed by atoms with Crippen LogP contribution < -0.4 is 0 Å². The van der Waals surface area contributed by atoms with Crippen LogP contribution in [-0.4, -0.2) is 0 Å². The lowest BCUT2D eigenvalue weighted by molar-refractivity contribution is 1.58. The van der Waals surface area contributed by atoms with Gasteiger partial charge >= 0.3 is 0 Å². The summed E-state index contributed by atoms with van der Waals surface area (Å²) in [6.07, 6.45) is 4.01. The standard InChI is InChI=1S/C33H22S2/c1-3-20(4-2)21-9-11-22(12-10-21)25-13-14-26-17-29-31(19-27(26)15-25)35-32-28-16-23-7-5-6-8-24(23)18-30(28)34-33(29)32/h3-19H,1H2,2H3/b20-4+. The molecular weight excluding hydrogens is 460 g/mol. The molecular formula is C33H22S2. The Bertz CT molecular complexity index is 1960. The number of hydrogen-bond donors (Lipinski definition) is 0. The van der Waals surface area contributed by atoms with Crippen LogP contribution in [0, 0.1) is 0 Å². The van der Waals surface area contributed by atoms with E-state index in [0.717, 1.165) is 5.57 Å². The second kappa shape index (κ2) is 7.91. The van der Waals surface area contributed by atoms with Gasteiger partial charge in [-0.2, -0.15) is 0 Å². The monoisotopic (exact) mass is 482 g/mol. The van der Waals surface area contributed by atoms with Gasteiger partial charge in [-0.15, -0.1) is 22.7 Å². The largest absolute Gasteiger partial charge is 0.134 e. The molecule has 35 heavy (non-hydrogen) atoms. The first-order valence-electron chi connectivity index (χ1n) is 11.8. The molecule has 0 aliphatic rings. The van der Waals surface area contributed by atoms with Crippen molar-refractivity contribution in [2.24, 2.45) is 0 Å². The van der Waals surface area contributed by atoms with Gasteiger partial charge in [0.15, 0.2) is 0 Å². The summed E-state index contributed by atoms with van der Waals surface area (Å²) in [5.41, 5.74) is 4.85. The summed E-state index contributed by atoms with van der Waals surface area (Å²) in [6, 6.07) is 33.8. The van der Waals surface area contributed by atoms with Crippen LogP contribution in [0.1, 0.15) is 12.5 Å². The van der Waals surface area contributed by atoms with Crippen LogP contribution in [0.4, 0.5) is 0 Å². The molecule has 0 unspecified atom stereocenters. The Kier molecular flexibility index (Phi) is 4.66. The lowest BCUT2D eigenvalue weighted by Crippen LogP contribution is -1.83. The van der Waals surface area contributed by atoms with E-state index in [1.54, 1.807) is 0 Å². The van der Waals surface area contributed by atoms with Crippen LogP contribution in [0.25, 0.3) is 67.8 Å². The lowest BCUT2D eigenvalue weighted by atomic mass is 9.98. The normalized spacial score (nSPS) is 12.4. The molecule has 0 radical (unpaired) electrons. The first kappa shape index (κ1) is 20.6. The van der Waals surface area contributed by atoms with E-state index in [-0.39, 0.29) is 0 Å². The Morgan fingerprint density at radius 1 is 0.629 bits per heavy atom. The van der Waals surface area contributed by atoms with Gasteiger partial charge in [-0.1, -0.05) is 79.4 Å². The van der Waals surface area contributed by atoms with E-state index in [0.29, 0.717) is 0 Å². The van der Waals surface area contributed by atoms with E-state index >= 15 is 0 Å². The Hall–Kier alpha value is -3.72. The predicted molar refractivity (Wildman–Crippen MR) is 159 cm³/mol. The summed E-state index contributed by atoms with van der Waals surface area (Å²) in [6.45, 7) is 5.97. The van der Waals surface area contributed by atoms with E-state index in [2.05, 4.69) is 111 Å². The van der Waals surface area contributed by atoms with Gasteiger partial charge in [0.05, 0.1) is 9.40 Å². The quantitative estimate of drug-likeness (QED) is 0.220. The highest BCUT2D eigenvalue weighted by Crippen LogP contribution is 2.46. The first-order valence-corrected chi connectivity index (χ1v) is 13.5.